The Hall–Kier alpha value is -2.63. The second kappa shape index (κ2) is 7.09. The summed E-state index contributed by atoms with van der Waals surface area (Å²) in [5, 5.41) is 6.19. The lowest BCUT2D eigenvalue weighted by Gasteiger charge is -2.28. The molecule has 4 rings (SSSR count). The summed E-state index contributed by atoms with van der Waals surface area (Å²) in [5.41, 5.74) is 2.37. The normalized spacial score (nSPS) is 17.2. The molecule has 0 bridgehead atoms. The number of hydrogen-bond donors (Lipinski definition) is 2. The van der Waals surface area contributed by atoms with E-state index in [1.54, 1.807) is 6.07 Å². The molecular formula is C19H23N5O. The quantitative estimate of drug-likeness (QED) is 0.876. The van der Waals surface area contributed by atoms with Crippen molar-refractivity contribution in [3.05, 3.63) is 42.4 Å². The molecule has 0 unspecified atom stereocenters. The van der Waals surface area contributed by atoms with E-state index in [0.717, 1.165) is 31.6 Å². The third kappa shape index (κ3) is 4.07. The van der Waals surface area contributed by atoms with Gasteiger partial charge in [0, 0.05) is 36.6 Å². The van der Waals surface area contributed by atoms with Crippen molar-refractivity contribution in [1.29, 1.82) is 0 Å². The Balaban J connectivity index is 1.40. The van der Waals surface area contributed by atoms with E-state index in [-0.39, 0.29) is 5.91 Å². The number of hydrogen-bond acceptors (Lipinski definition) is 5. The van der Waals surface area contributed by atoms with Crippen molar-refractivity contribution in [2.75, 3.05) is 28.6 Å². The first-order valence-electron chi connectivity index (χ1n) is 9.03. The third-order valence-electron chi connectivity index (χ3n) is 4.68. The number of carbonyl (C=O) groups excluding carboxylic acids is 1. The number of piperidine rings is 1. The van der Waals surface area contributed by atoms with E-state index >= 15 is 0 Å². The van der Waals surface area contributed by atoms with Gasteiger partial charge in [-0.15, -0.1) is 0 Å². The number of nitrogens with one attached hydrogen (secondary N) is 2. The highest BCUT2D eigenvalue weighted by molar-refractivity contribution is 6.03. The molecule has 2 fully saturated rings. The standard InChI is InChI=1S/C19H23N5O/c25-19(17-12-18(21-13-20-17)22-14-4-5-14)23-15-6-8-16(9-7-15)24-10-2-1-3-11-24/h6-9,12-14H,1-5,10-11H2,(H,23,25)(H,20,21,22). The van der Waals surface area contributed by atoms with Gasteiger partial charge in [-0.3, -0.25) is 4.79 Å². The lowest BCUT2D eigenvalue weighted by atomic mass is 10.1. The largest absolute Gasteiger partial charge is 0.372 e. The topological polar surface area (TPSA) is 70.2 Å². The van der Waals surface area contributed by atoms with Gasteiger partial charge in [-0.05, 0) is 56.4 Å². The van der Waals surface area contributed by atoms with Crippen molar-refractivity contribution in [2.45, 2.75) is 38.1 Å². The zero-order valence-corrected chi connectivity index (χ0v) is 14.2. The van der Waals surface area contributed by atoms with Crippen LogP contribution in [0.5, 0.6) is 0 Å². The minimum Gasteiger partial charge on any atom is -0.372 e. The van der Waals surface area contributed by atoms with Crippen LogP contribution < -0.4 is 15.5 Å². The van der Waals surface area contributed by atoms with Crippen molar-refractivity contribution < 1.29 is 4.79 Å². The summed E-state index contributed by atoms with van der Waals surface area (Å²) in [7, 11) is 0. The monoisotopic (exact) mass is 337 g/mol. The van der Waals surface area contributed by atoms with Gasteiger partial charge in [0.25, 0.3) is 5.91 Å². The highest BCUT2D eigenvalue weighted by atomic mass is 16.1. The van der Waals surface area contributed by atoms with Crippen molar-refractivity contribution in [3.8, 4) is 0 Å². The Kier molecular flexibility index (Phi) is 4.50. The lowest BCUT2D eigenvalue weighted by molar-refractivity contribution is 0.102. The van der Waals surface area contributed by atoms with Crippen LogP contribution in [0.4, 0.5) is 17.2 Å². The van der Waals surface area contributed by atoms with E-state index in [0.29, 0.717) is 17.6 Å². The van der Waals surface area contributed by atoms with Gasteiger partial charge in [0.05, 0.1) is 0 Å². The zero-order valence-electron chi connectivity index (χ0n) is 14.2. The molecule has 1 amide bonds. The van der Waals surface area contributed by atoms with Gasteiger partial charge in [-0.1, -0.05) is 0 Å². The van der Waals surface area contributed by atoms with Crippen LogP contribution in [0, 0.1) is 0 Å². The molecule has 2 N–H and O–H groups in total. The first-order chi connectivity index (χ1) is 12.3. The zero-order chi connectivity index (χ0) is 17.1. The third-order valence-corrected chi connectivity index (χ3v) is 4.68. The van der Waals surface area contributed by atoms with E-state index < -0.39 is 0 Å². The summed E-state index contributed by atoms with van der Waals surface area (Å²) in [4.78, 5) is 23.1. The minimum absolute atomic E-state index is 0.216. The number of nitrogens with zero attached hydrogens (tertiary/aromatic N) is 3. The molecule has 6 nitrogen and oxygen atoms in total. The fourth-order valence-electron chi connectivity index (χ4n) is 3.10. The molecule has 1 aliphatic heterocycles. The summed E-state index contributed by atoms with van der Waals surface area (Å²) in [6.45, 7) is 2.23. The van der Waals surface area contributed by atoms with Crippen LogP contribution in [-0.4, -0.2) is 35.0 Å². The summed E-state index contributed by atoms with van der Waals surface area (Å²) >= 11 is 0. The molecule has 130 valence electrons. The number of rotatable bonds is 5. The molecular weight excluding hydrogens is 314 g/mol. The molecule has 1 aromatic carbocycles. The summed E-state index contributed by atoms with van der Waals surface area (Å²) in [5.74, 6) is 0.495. The van der Waals surface area contributed by atoms with E-state index in [9.17, 15) is 4.79 Å². The highest BCUT2D eigenvalue weighted by Crippen LogP contribution is 2.24. The molecule has 0 radical (unpaired) electrons. The first kappa shape index (κ1) is 15.9. The van der Waals surface area contributed by atoms with Crippen LogP contribution in [-0.2, 0) is 0 Å². The predicted molar refractivity (Wildman–Crippen MR) is 99.1 cm³/mol. The smallest absolute Gasteiger partial charge is 0.274 e. The van der Waals surface area contributed by atoms with Crippen molar-refractivity contribution in [2.24, 2.45) is 0 Å². The van der Waals surface area contributed by atoms with Crippen molar-refractivity contribution >= 4 is 23.1 Å². The van der Waals surface area contributed by atoms with Crippen LogP contribution in [0.1, 0.15) is 42.6 Å². The lowest BCUT2D eigenvalue weighted by Crippen LogP contribution is -2.29. The molecule has 2 heterocycles. The second-order valence-electron chi connectivity index (χ2n) is 6.76. The van der Waals surface area contributed by atoms with Gasteiger partial charge in [-0.25, -0.2) is 9.97 Å². The number of anilines is 3. The van der Waals surface area contributed by atoms with Crippen LogP contribution in [0.25, 0.3) is 0 Å². The summed E-state index contributed by atoms with van der Waals surface area (Å²) in [6, 6.07) is 10.2. The average molecular weight is 337 g/mol. The number of aromatic nitrogens is 2. The maximum Gasteiger partial charge on any atom is 0.274 e. The van der Waals surface area contributed by atoms with Crippen LogP contribution >= 0.6 is 0 Å². The maximum atomic E-state index is 12.4. The molecule has 0 atom stereocenters. The van der Waals surface area contributed by atoms with Gasteiger partial charge in [0.1, 0.15) is 17.8 Å². The van der Waals surface area contributed by atoms with Gasteiger partial charge in [0.2, 0.25) is 0 Å². The SMILES string of the molecule is O=C(Nc1ccc(N2CCCCC2)cc1)c1cc(NC2CC2)ncn1. The second-order valence-corrected chi connectivity index (χ2v) is 6.76. The van der Waals surface area contributed by atoms with Crippen molar-refractivity contribution in [1.82, 2.24) is 9.97 Å². The van der Waals surface area contributed by atoms with Crippen molar-refractivity contribution in [3.63, 3.8) is 0 Å². The van der Waals surface area contributed by atoms with Gasteiger partial charge in [-0.2, -0.15) is 0 Å². The molecule has 2 aromatic rings. The first-order valence-corrected chi connectivity index (χ1v) is 9.03. The van der Waals surface area contributed by atoms with Gasteiger partial charge >= 0.3 is 0 Å². The Morgan fingerprint density at radius 3 is 2.52 bits per heavy atom. The van der Waals surface area contributed by atoms with E-state index in [1.165, 1.54) is 31.3 Å². The summed E-state index contributed by atoms with van der Waals surface area (Å²) in [6.07, 6.45) is 7.58. The average Bonchev–Trinajstić information content (AvgIpc) is 3.47. The fraction of sp³-hybridized carbons (Fsp3) is 0.421. The molecule has 1 aliphatic carbocycles. The highest BCUT2D eigenvalue weighted by Gasteiger charge is 2.21. The number of amides is 1. The van der Waals surface area contributed by atoms with Crippen LogP contribution in [0.2, 0.25) is 0 Å². The molecule has 0 spiro atoms. The maximum absolute atomic E-state index is 12.4. The molecule has 25 heavy (non-hydrogen) atoms. The Morgan fingerprint density at radius 2 is 1.80 bits per heavy atom. The molecule has 1 saturated carbocycles. The molecule has 2 aliphatic rings. The predicted octanol–water partition coefficient (Wildman–Crippen LogP) is 3.29. The van der Waals surface area contributed by atoms with Gasteiger partial charge < -0.3 is 15.5 Å². The molecule has 6 heteroatoms. The number of carbonyl (C=O) groups is 1. The van der Waals surface area contributed by atoms with Gasteiger partial charge in [0.15, 0.2) is 0 Å². The van der Waals surface area contributed by atoms with E-state index in [4.69, 9.17) is 0 Å². The molecule has 1 aromatic heterocycles. The summed E-state index contributed by atoms with van der Waals surface area (Å²) < 4.78 is 0. The Labute approximate surface area is 147 Å². The Bertz CT molecular complexity index is 736. The number of benzene rings is 1. The van der Waals surface area contributed by atoms with Crippen LogP contribution in [0.3, 0.4) is 0 Å². The fourth-order valence-corrected chi connectivity index (χ4v) is 3.10. The minimum atomic E-state index is -0.216. The van der Waals surface area contributed by atoms with Crippen LogP contribution in [0.15, 0.2) is 36.7 Å². The van der Waals surface area contributed by atoms with E-state index in [1.807, 2.05) is 12.1 Å². The van der Waals surface area contributed by atoms with E-state index in [2.05, 4.69) is 37.6 Å². The Morgan fingerprint density at radius 1 is 1.04 bits per heavy atom. The molecule has 1 saturated heterocycles.